The van der Waals surface area contributed by atoms with Crippen molar-refractivity contribution in [2.45, 2.75) is 43.5 Å². The molecule has 1 nitrogen and oxygen atoms in total. The van der Waals surface area contributed by atoms with Crippen molar-refractivity contribution < 1.29 is 8.78 Å². The smallest absolute Gasteiger partial charge is 0.126 e. The van der Waals surface area contributed by atoms with Gasteiger partial charge in [-0.05, 0) is 49.6 Å². The lowest BCUT2D eigenvalue weighted by molar-refractivity contribution is 0.378. The number of nitrogens with one attached hydrogen (secondary N) is 1. The van der Waals surface area contributed by atoms with Crippen LogP contribution in [0.4, 0.5) is 8.78 Å². The minimum Gasteiger partial charge on any atom is -0.310 e. The average Bonchev–Trinajstić information content (AvgIpc) is 2.36. The molecule has 1 N–H and O–H groups in total. The van der Waals surface area contributed by atoms with E-state index in [-0.39, 0.29) is 0 Å². The monoisotopic (exact) mass is 271 g/mol. The van der Waals surface area contributed by atoms with Gasteiger partial charge in [-0.3, -0.25) is 0 Å². The highest BCUT2D eigenvalue weighted by molar-refractivity contribution is 7.99. The number of thioether (sulfide) groups is 1. The Morgan fingerprint density at radius 2 is 1.72 bits per heavy atom. The molecule has 2 rings (SSSR count). The number of halogens is 2. The maximum absolute atomic E-state index is 13.0. The predicted octanol–water partition coefficient (Wildman–Crippen LogP) is 3.73. The molecule has 100 valence electrons. The molecular formula is C14H19F2NS. The van der Waals surface area contributed by atoms with Gasteiger partial charge in [-0.1, -0.05) is 0 Å². The van der Waals surface area contributed by atoms with Crippen molar-refractivity contribution in [1.82, 2.24) is 5.32 Å². The van der Waals surface area contributed by atoms with Crippen molar-refractivity contribution in [3.8, 4) is 0 Å². The van der Waals surface area contributed by atoms with E-state index in [2.05, 4.69) is 11.6 Å². The van der Waals surface area contributed by atoms with Gasteiger partial charge in [0.05, 0.1) is 0 Å². The van der Waals surface area contributed by atoms with Gasteiger partial charge in [0.25, 0.3) is 0 Å². The van der Waals surface area contributed by atoms with E-state index in [9.17, 15) is 8.78 Å². The minimum atomic E-state index is -0.502. The molecular weight excluding hydrogens is 252 g/mol. The lowest BCUT2D eigenvalue weighted by Crippen LogP contribution is -2.33. The first kappa shape index (κ1) is 13.8. The van der Waals surface area contributed by atoms with E-state index in [0.717, 1.165) is 24.2 Å². The van der Waals surface area contributed by atoms with Crippen LogP contribution in [0.2, 0.25) is 0 Å². The Hall–Kier alpha value is -0.610. The van der Waals surface area contributed by atoms with E-state index in [1.54, 1.807) is 0 Å². The second-order valence-corrected chi connectivity index (χ2v) is 6.01. The molecule has 1 aliphatic carbocycles. The molecule has 18 heavy (non-hydrogen) atoms. The standard InChI is InChI=1S/C14H19F2NS/c1-18-14-4-2-13(3-5-14)17-9-10-6-11(15)8-12(16)7-10/h6-8,13-14,17H,2-5,9H2,1H3. The first-order valence-corrected chi connectivity index (χ1v) is 7.67. The van der Waals surface area contributed by atoms with Crippen molar-refractivity contribution in [2.24, 2.45) is 0 Å². The highest BCUT2D eigenvalue weighted by Crippen LogP contribution is 2.27. The second-order valence-electron chi connectivity index (χ2n) is 4.87. The molecule has 0 saturated heterocycles. The summed E-state index contributed by atoms with van der Waals surface area (Å²) in [6.07, 6.45) is 6.94. The van der Waals surface area contributed by atoms with Crippen LogP contribution in [0.15, 0.2) is 18.2 Å². The first-order chi connectivity index (χ1) is 8.67. The van der Waals surface area contributed by atoms with Gasteiger partial charge in [-0.25, -0.2) is 8.78 Å². The summed E-state index contributed by atoms with van der Waals surface area (Å²) >= 11 is 1.94. The zero-order valence-corrected chi connectivity index (χ0v) is 11.4. The Labute approximate surface area is 111 Å². The summed E-state index contributed by atoms with van der Waals surface area (Å²) in [5.74, 6) is -1.00. The molecule has 1 saturated carbocycles. The van der Waals surface area contributed by atoms with Gasteiger partial charge in [-0.15, -0.1) is 0 Å². The summed E-state index contributed by atoms with van der Waals surface area (Å²) in [5.41, 5.74) is 0.680. The van der Waals surface area contributed by atoms with E-state index in [1.165, 1.54) is 25.0 Å². The SMILES string of the molecule is CSC1CCC(NCc2cc(F)cc(F)c2)CC1. The molecule has 1 aromatic rings. The molecule has 0 aromatic heterocycles. The van der Waals surface area contributed by atoms with Crippen LogP contribution in [0.1, 0.15) is 31.2 Å². The summed E-state index contributed by atoms with van der Waals surface area (Å²) in [7, 11) is 0. The van der Waals surface area contributed by atoms with Crippen LogP contribution in [-0.2, 0) is 6.54 Å². The number of hydrogen-bond donors (Lipinski definition) is 1. The van der Waals surface area contributed by atoms with E-state index in [1.807, 2.05) is 11.8 Å². The number of hydrogen-bond acceptors (Lipinski definition) is 2. The van der Waals surface area contributed by atoms with Crippen LogP contribution in [0, 0.1) is 11.6 Å². The number of rotatable bonds is 4. The molecule has 0 atom stereocenters. The second kappa shape index (κ2) is 6.53. The summed E-state index contributed by atoms with van der Waals surface area (Å²) < 4.78 is 26.0. The molecule has 1 aromatic carbocycles. The van der Waals surface area contributed by atoms with E-state index < -0.39 is 11.6 Å². The summed E-state index contributed by atoms with van der Waals surface area (Å²) in [6, 6.07) is 4.18. The fourth-order valence-corrected chi connectivity index (χ4v) is 3.22. The van der Waals surface area contributed by atoms with Crippen LogP contribution in [-0.4, -0.2) is 17.5 Å². The molecule has 0 spiro atoms. The van der Waals surface area contributed by atoms with Crippen LogP contribution < -0.4 is 5.32 Å². The maximum Gasteiger partial charge on any atom is 0.126 e. The lowest BCUT2D eigenvalue weighted by atomic mass is 9.95. The van der Waals surface area contributed by atoms with Crippen LogP contribution in [0.5, 0.6) is 0 Å². The molecule has 4 heteroatoms. The molecule has 1 fully saturated rings. The van der Waals surface area contributed by atoms with Gasteiger partial charge < -0.3 is 5.32 Å². The highest BCUT2D eigenvalue weighted by atomic mass is 32.2. The van der Waals surface area contributed by atoms with Gasteiger partial charge in [0, 0.05) is 23.9 Å². The molecule has 0 aliphatic heterocycles. The zero-order valence-electron chi connectivity index (χ0n) is 10.6. The maximum atomic E-state index is 13.0. The van der Waals surface area contributed by atoms with Crippen molar-refractivity contribution in [2.75, 3.05) is 6.26 Å². The largest absolute Gasteiger partial charge is 0.310 e. The molecule has 0 unspecified atom stereocenters. The van der Waals surface area contributed by atoms with Gasteiger partial charge in [0.1, 0.15) is 11.6 Å². The number of benzene rings is 1. The predicted molar refractivity (Wildman–Crippen MR) is 72.8 cm³/mol. The van der Waals surface area contributed by atoms with E-state index >= 15 is 0 Å². The van der Waals surface area contributed by atoms with E-state index in [0.29, 0.717) is 18.2 Å². The highest BCUT2D eigenvalue weighted by Gasteiger charge is 2.19. The summed E-state index contributed by atoms with van der Waals surface area (Å²) in [6.45, 7) is 0.545. The zero-order chi connectivity index (χ0) is 13.0. The first-order valence-electron chi connectivity index (χ1n) is 6.38. The van der Waals surface area contributed by atoms with E-state index in [4.69, 9.17) is 0 Å². The van der Waals surface area contributed by atoms with Crippen LogP contribution in [0.25, 0.3) is 0 Å². The third-order valence-corrected chi connectivity index (χ3v) is 4.66. The normalized spacial score (nSPS) is 24.2. The quantitative estimate of drug-likeness (QED) is 0.895. The van der Waals surface area contributed by atoms with Gasteiger partial charge in [0.15, 0.2) is 0 Å². The Bertz CT molecular complexity index is 369. The fraction of sp³-hybridized carbons (Fsp3) is 0.571. The van der Waals surface area contributed by atoms with Crippen LogP contribution in [0.3, 0.4) is 0 Å². The summed E-state index contributed by atoms with van der Waals surface area (Å²) in [5, 5.41) is 4.18. The van der Waals surface area contributed by atoms with Crippen molar-refractivity contribution in [3.63, 3.8) is 0 Å². The Morgan fingerprint density at radius 1 is 1.11 bits per heavy atom. The Morgan fingerprint density at radius 3 is 2.28 bits per heavy atom. The minimum absolute atomic E-state index is 0.486. The summed E-state index contributed by atoms with van der Waals surface area (Å²) in [4.78, 5) is 0. The van der Waals surface area contributed by atoms with Gasteiger partial charge in [0.2, 0.25) is 0 Å². The Kier molecular flexibility index (Phi) is 5.01. The van der Waals surface area contributed by atoms with Crippen molar-refractivity contribution in [1.29, 1.82) is 0 Å². The molecule has 0 radical (unpaired) electrons. The lowest BCUT2D eigenvalue weighted by Gasteiger charge is -2.28. The van der Waals surface area contributed by atoms with Gasteiger partial charge in [-0.2, -0.15) is 11.8 Å². The average molecular weight is 271 g/mol. The molecule has 0 amide bonds. The topological polar surface area (TPSA) is 12.0 Å². The molecule has 1 aliphatic rings. The van der Waals surface area contributed by atoms with Crippen molar-refractivity contribution in [3.05, 3.63) is 35.4 Å². The molecule has 0 heterocycles. The van der Waals surface area contributed by atoms with Crippen molar-refractivity contribution >= 4 is 11.8 Å². The Balaban J connectivity index is 1.81. The third-order valence-electron chi connectivity index (χ3n) is 3.52. The van der Waals surface area contributed by atoms with Gasteiger partial charge >= 0.3 is 0 Å². The molecule has 0 bridgehead atoms. The third kappa shape index (κ3) is 3.95. The fourth-order valence-electron chi connectivity index (χ4n) is 2.48. The van der Waals surface area contributed by atoms with Crippen LogP contribution >= 0.6 is 11.8 Å².